The van der Waals surface area contributed by atoms with Crippen LogP contribution in [0.1, 0.15) is 28.0 Å². The molecule has 3 rings (SSSR count). The van der Waals surface area contributed by atoms with Crippen LogP contribution in [-0.2, 0) is 9.53 Å². The fourth-order valence-corrected chi connectivity index (χ4v) is 3.40. The Morgan fingerprint density at radius 1 is 1.31 bits per heavy atom. The second-order valence-electron chi connectivity index (χ2n) is 7.29. The van der Waals surface area contributed by atoms with Gasteiger partial charge in [-0.05, 0) is 49.7 Å². The van der Waals surface area contributed by atoms with Gasteiger partial charge in [-0.15, -0.1) is 0 Å². The molecule has 7 nitrogen and oxygen atoms in total. The minimum atomic E-state index is -1.02. The van der Waals surface area contributed by atoms with Crippen LogP contribution in [-0.4, -0.2) is 53.6 Å². The summed E-state index contributed by atoms with van der Waals surface area (Å²) >= 11 is 6.06. The lowest BCUT2D eigenvalue weighted by Gasteiger charge is -2.42. The van der Waals surface area contributed by atoms with Crippen LogP contribution in [0.25, 0.3) is 0 Å². The molecule has 8 heteroatoms. The number of ether oxygens (including phenoxy) is 2. The first-order valence-electron chi connectivity index (χ1n) is 9.31. The van der Waals surface area contributed by atoms with Crippen molar-refractivity contribution in [3.8, 4) is 5.75 Å². The summed E-state index contributed by atoms with van der Waals surface area (Å²) in [6, 6.07) is 8.83. The van der Waals surface area contributed by atoms with E-state index in [2.05, 4.69) is 4.98 Å². The van der Waals surface area contributed by atoms with Crippen LogP contribution in [0.2, 0.25) is 5.02 Å². The van der Waals surface area contributed by atoms with Gasteiger partial charge in [0.2, 0.25) is 5.91 Å². The van der Waals surface area contributed by atoms with Gasteiger partial charge in [-0.2, -0.15) is 0 Å². The van der Waals surface area contributed by atoms with Crippen molar-refractivity contribution in [3.05, 3.63) is 58.4 Å². The Morgan fingerprint density at radius 2 is 2.10 bits per heavy atom. The smallest absolute Gasteiger partial charge is 0.255 e. The van der Waals surface area contributed by atoms with Crippen molar-refractivity contribution in [2.75, 3.05) is 26.3 Å². The molecule has 0 aliphatic carbocycles. The van der Waals surface area contributed by atoms with E-state index in [4.69, 9.17) is 26.8 Å². The zero-order valence-corrected chi connectivity index (χ0v) is 17.2. The second kappa shape index (κ2) is 8.80. The summed E-state index contributed by atoms with van der Waals surface area (Å²) in [5.41, 5.74) is 6.64. The molecule has 0 bridgehead atoms. The van der Waals surface area contributed by atoms with Crippen molar-refractivity contribution < 1.29 is 19.1 Å². The zero-order valence-electron chi connectivity index (χ0n) is 16.5. The number of hydrogen-bond donors (Lipinski definition) is 1. The molecule has 0 saturated carbocycles. The number of hydrogen-bond acceptors (Lipinski definition) is 5. The molecule has 0 radical (unpaired) electrons. The fraction of sp³-hybridized carbons (Fsp3) is 0.381. The highest BCUT2D eigenvalue weighted by Crippen LogP contribution is 2.27. The average molecular weight is 418 g/mol. The molecule has 1 aromatic carbocycles. The van der Waals surface area contributed by atoms with Crippen molar-refractivity contribution in [1.29, 1.82) is 0 Å². The number of halogens is 1. The summed E-state index contributed by atoms with van der Waals surface area (Å²) in [5, 5.41) is 0.640. The van der Waals surface area contributed by atoms with Gasteiger partial charge in [0.05, 0.1) is 25.1 Å². The topological polar surface area (TPSA) is 94.8 Å². The molecule has 1 aliphatic heterocycles. The lowest BCUT2D eigenvalue weighted by atomic mass is 9.97. The van der Waals surface area contributed by atoms with E-state index in [9.17, 15) is 9.59 Å². The number of primary amides is 1. The first-order valence-corrected chi connectivity index (χ1v) is 9.69. The van der Waals surface area contributed by atoms with Gasteiger partial charge in [0.25, 0.3) is 5.91 Å². The van der Waals surface area contributed by atoms with Gasteiger partial charge < -0.3 is 20.1 Å². The number of morpholine rings is 1. The van der Waals surface area contributed by atoms with Crippen LogP contribution in [0.3, 0.4) is 0 Å². The Balaban J connectivity index is 1.77. The quantitative estimate of drug-likeness (QED) is 0.779. The molecule has 2 aromatic rings. The van der Waals surface area contributed by atoms with Crippen LogP contribution in [0.4, 0.5) is 0 Å². The van der Waals surface area contributed by atoms with E-state index < -0.39 is 11.5 Å². The van der Waals surface area contributed by atoms with Crippen molar-refractivity contribution in [3.63, 3.8) is 0 Å². The summed E-state index contributed by atoms with van der Waals surface area (Å²) in [6.45, 7) is 4.69. The summed E-state index contributed by atoms with van der Waals surface area (Å²) < 4.78 is 11.8. The van der Waals surface area contributed by atoms with Crippen LogP contribution in [0.15, 0.2) is 36.5 Å². The molecule has 29 heavy (non-hydrogen) atoms. The zero-order chi connectivity index (χ0) is 21.0. The molecule has 1 aromatic heterocycles. The predicted octanol–water partition coefficient (Wildman–Crippen LogP) is 2.52. The molecular formula is C21H24ClN3O4. The molecule has 2 heterocycles. The number of aromatic nitrogens is 1. The minimum Gasteiger partial charge on any atom is -0.490 e. The standard InChI is InChI=1S/C21H24ClN3O4/c1-14-9-17(5-6-18(14)22)28-13-21(10-19(23)26)12-25(7-8-29-21)20(27)16-4-3-15(2)24-11-16/h3-6,9,11H,7-8,10,12-13H2,1-2H3,(H2,23,26)/t21-/m1/s1. The third kappa shape index (κ3) is 5.25. The lowest BCUT2D eigenvalue weighted by Crippen LogP contribution is -2.58. The minimum absolute atomic E-state index is 0.0600. The van der Waals surface area contributed by atoms with Gasteiger partial charge in [0, 0.05) is 23.5 Å². The summed E-state index contributed by atoms with van der Waals surface area (Å²) in [5.74, 6) is -0.0882. The third-order valence-electron chi connectivity index (χ3n) is 4.82. The number of carbonyl (C=O) groups is 2. The van der Waals surface area contributed by atoms with E-state index in [0.29, 0.717) is 22.9 Å². The number of nitrogens with zero attached hydrogens (tertiary/aromatic N) is 2. The molecule has 1 atom stereocenters. The van der Waals surface area contributed by atoms with E-state index in [1.165, 1.54) is 0 Å². The normalized spacial score (nSPS) is 19.1. The molecular weight excluding hydrogens is 394 g/mol. The van der Waals surface area contributed by atoms with E-state index in [1.54, 1.807) is 35.4 Å². The van der Waals surface area contributed by atoms with E-state index in [-0.39, 0.29) is 32.1 Å². The van der Waals surface area contributed by atoms with Crippen LogP contribution in [0.5, 0.6) is 5.75 Å². The van der Waals surface area contributed by atoms with Gasteiger partial charge in [0.1, 0.15) is 18.0 Å². The molecule has 2 amide bonds. The predicted molar refractivity (Wildman–Crippen MR) is 109 cm³/mol. The molecule has 0 spiro atoms. The number of rotatable bonds is 6. The second-order valence-corrected chi connectivity index (χ2v) is 7.70. The Labute approximate surface area is 174 Å². The molecule has 0 unspecified atom stereocenters. The highest BCUT2D eigenvalue weighted by atomic mass is 35.5. The SMILES string of the molecule is Cc1ccc(C(=O)N2CCO[C@](COc3ccc(Cl)c(C)c3)(CC(N)=O)C2)cn1. The fourth-order valence-electron chi connectivity index (χ4n) is 3.28. The van der Waals surface area contributed by atoms with E-state index in [0.717, 1.165) is 11.3 Å². The van der Waals surface area contributed by atoms with Crippen molar-refractivity contribution >= 4 is 23.4 Å². The Morgan fingerprint density at radius 3 is 2.76 bits per heavy atom. The lowest BCUT2D eigenvalue weighted by molar-refractivity contribution is -0.142. The maximum atomic E-state index is 12.9. The van der Waals surface area contributed by atoms with Gasteiger partial charge in [-0.1, -0.05) is 11.6 Å². The third-order valence-corrected chi connectivity index (χ3v) is 5.25. The van der Waals surface area contributed by atoms with Gasteiger partial charge in [-0.3, -0.25) is 14.6 Å². The average Bonchev–Trinajstić information content (AvgIpc) is 2.69. The number of amides is 2. The summed E-state index contributed by atoms with van der Waals surface area (Å²) in [6.07, 6.45) is 1.49. The van der Waals surface area contributed by atoms with Gasteiger partial charge in [-0.25, -0.2) is 0 Å². The van der Waals surface area contributed by atoms with Gasteiger partial charge >= 0.3 is 0 Å². The highest BCUT2D eigenvalue weighted by Gasteiger charge is 2.41. The Bertz CT molecular complexity index is 903. The largest absolute Gasteiger partial charge is 0.490 e. The van der Waals surface area contributed by atoms with Crippen LogP contribution >= 0.6 is 11.6 Å². The van der Waals surface area contributed by atoms with Crippen molar-refractivity contribution in [2.24, 2.45) is 5.73 Å². The summed E-state index contributed by atoms with van der Waals surface area (Å²) in [4.78, 5) is 30.5. The number of benzene rings is 1. The molecule has 2 N–H and O–H groups in total. The maximum absolute atomic E-state index is 12.9. The molecule has 1 aliphatic rings. The number of pyridine rings is 1. The molecule has 1 saturated heterocycles. The molecule has 154 valence electrons. The van der Waals surface area contributed by atoms with Crippen molar-refractivity contribution in [2.45, 2.75) is 25.9 Å². The van der Waals surface area contributed by atoms with Crippen molar-refractivity contribution in [1.82, 2.24) is 9.88 Å². The first-order chi connectivity index (χ1) is 13.8. The Kier molecular flexibility index (Phi) is 6.39. The van der Waals surface area contributed by atoms with Crippen LogP contribution < -0.4 is 10.5 Å². The highest BCUT2D eigenvalue weighted by molar-refractivity contribution is 6.31. The van der Waals surface area contributed by atoms with E-state index in [1.807, 2.05) is 19.9 Å². The molecule has 1 fully saturated rings. The van der Waals surface area contributed by atoms with E-state index >= 15 is 0 Å². The first kappa shape index (κ1) is 21.1. The van der Waals surface area contributed by atoms with Gasteiger partial charge in [0.15, 0.2) is 0 Å². The number of aryl methyl sites for hydroxylation is 2. The monoisotopic (exact) mass is 417 g/mol. The Hall–Kier alpha value is -2.64. The van der Waals surface area contributed by atoms with Crippen LogP contribution in [0, 0.1) is 13.8 Å². The number of carbonyl (C=O) groups excluding carboxylic acids is 2. The number of nitrogens with two attached hydrogens (primary N) is 1. The maximum Gasteiger partial charge on any atom is 0.255 e. The summed E-state index contributed by atoms with van der Waals surface area (Å²) in [7, 11) is 0.